The summed E-state index contributed by atoms with van der Waals surface area (Å²) in [7, 11) is 2.34. The van der Waals surface area contributed by atoms with Crippen LogP contribution in [0.5, 0.6) is 5.75 Å². The number of carbonyl (C=O) groups is 2. The first-order chi connectivity index (χ1) is 20.3. The maximum absolute atomic E-state index is 13.6. The number of quaternary nitrogens is 1. The molecule has 0 radical (unpaired) electrons. The number of nitrogens with zero attached hydrogens (tertiary/aromatic N) is 1. The third kappa shape index (κ3) is 6.26. The van der Waals surface area contributed by atoms with Gasteiger partial charge in [0.15, 0.2) is 6.61 Å². The molecular weight excluding hydrogens is 650 g/mol. The van der Waals surface area contributed by atoms with E-state index in [1.807, 2.05) is 41.1 Å². The Labute approximate surface area is 270 Å². The van der Waals surface area contributed by atoms with Crippen LogP contribution in [-0.4, -0.2) is 60.0 Å². The van der Waals surface area contributed by atoms with Gasteiger partial charge < -0.3 is 40.8 Å². The summed E-state index contributed by atoms with van der Waals surface area (Å²) in [6.45, 7) is 2.91. The molecule has 2 saturated heterocycles. The van der Waals surface area contributed by atoms with E-state index < -0.39 is 11.6 Å². The topological polar surface area (TPSA) is 82.1 Å². The fourth-order valence-electron chi connectivity index (χ4n) is 6.78. The lowest BCUT2D eigenvalue weighted by Gasteiger charge is -2.47. The van der Waals surface area contributed by atoms with Gasteiger partial charge in [-0.1, -0.05) is 30.3 Å². The van der Waals surface area contributed by atoms with Crippen molar-refractivity contribution in [2.75, 3.05) is 20.3 Å². The van der Waals surface area contributed by atoms with Crippen molar-refractivity contribution in [3.63, 3.8) is 0 Å². The fraction of sp³-hybridized carbons (Fsp3) is 0.394. The zero-order valence-electron chi connectivity index (χ0n) is 24.2. The smallest absolute Gasteiger partial charge is 0.349 e. The highest BCUT2D eigenvalue weighted by Crippen LogP contribution is 2.45. The summed E-state index contributed by atoms with van der Waals surface area (Å²) >= 11 is 2.73. The van der Waals surface area contributed by atoms with Crippen molar-refractivity contribution in [1.82, 2.24) is 0 Å². The third-order valence-electron chi connectivity index (χ3n) is 8.96. The van der Waals surface area contributed by atoms with Gasteiger partial charge in [0.05, 0.1) is 35.5 Å². The lowest BCUT2D eigenvalue weighted by Crippen LogP contribution is -3.00. The molecule has 2 aromatic carbocycles. The quantitative estimate of drug-likeness (QED) is 0.204. The summed E-state index contributed by atoms with van der Waals surface area (Å²) in [6.07, 6.45) is 3.57. The first kappa shape index (κ1) is 31.7. The zero-order valence-corrected chi connectivity index (χ0v) is 27.5. The number of thiophene rings is 2. The van der Waals surface area contributed by atoms with Gasteiger partial charge in [-0.3, -0.25) is 0 Å². The number of esters is 2. The van der Waals surface area contributed by atoms with Gasteiger partial charge in [0.25, 0.3) is 0 Å². The van der Waals surface area contributed by atoms with Gasteiger partial charge in [-0.15, -0.1) is 22.7 Å². The summed E-state index contributed by atoms with van der Waals surface area (Å²) in [5, 5.41) is 17.6. The summed E-state index contributed by atoms with van der Waals surface area (Å²) < 4.78 is 17.6. The van der Waals surface area contributed by atoms with Crippen molar-refractivity contribution in [2.45, 2.75) is 62.9 Å². The molecule has 2 aliphatic heterocycles. The van der Waals surface area contributed by atoms with Crippen LogP contribution in [0.2, 0.25) is 0 Å². The number of carbonyl (C=O) groups excluding carboxylic acids is 2. The van der Waals surface area contributed by atoms with E-state index in [0.29, 0.717) is 34.2 Å². The second kappa shape index (κ2) is 13.1. The van der Waals surface area contributed by atoms with E-state index >= 15 is 0 Å². The number of benzene rings is 2. The van der Waals surface area contributed by atoms with E-state index in [2.05, 4.69) is 25.2 Å². The SMILES string of the molecule is CCOC(=O)COc1ccc2cc(C[N+]3(C)[C@@H]4CC[C@H]3CC(OC(=O)C(O)(c3cccs3)c3cccs3)C4)ccc2c1.[Br-]. The third-order valence-corrected chi connectivity index (χ3v) is 10.9. The van der Waals surface area contributed by atoms with E-state index in [1.165, 1.54) is 28.2 Å². The molecule has 4 atom stereocenters. The number of hydrogen-bond acceptors (Lipinski definition) is 8. The average Bonchev–Trinajstić information content (AvgIpc) is 3.74. The Hall–Kier alpha value is -2.76. The van der Waals surface area contributed by atoms with Crippen LogP contribution < -0.4 is 21.7 Å². The number of piperidine rings is 1. The standard InChI is InChI=1S/C33H36NO6S2.BrH/c1-3-38-31(35)21-39-27-13-10-23-16-22(8-9-24(23)17-27)20-34(2)25-11-12-26(34)19-28(18-25)40-32(36)33(37,29-6-4-14-41-29)30-7-5-15-42-30;/h4-10,13-17,25-26,28,37H,3,11-12,18-21H2,1-2H3;1H/q+1;/p-1/t25-,26+,28?,34?;. The molecule has 228 valence electrons. The minimum Gasteiger partial charge on any atom is -1.00 e. The van der Waals surface area contributed by atoms with Crippen LogP contribution in [0.1, 0.15) is 47.9 Å². The number of fused-ring (bicyclic) bond motifs is 3. The maximum atomic E-state index is 13.6. The Morgan fingerprint density at radius 1 is 0.953 bits per heavy atom. The Balaban J connectivity index is 0.00000368. The maximum Gasteiger partial charge on any atom is 0.349 e. The van der Waals surface area contributed by atoms with Gasteiger partial charge in [0.2, 0.25) is 5.60 Å². The highest BCUT2D eigenvalue weighted by molar-refractivity contribution is 7.12. The van der Waals surface area contributed by atoms with Gasteiger partial charge in [0.1, 0.15) is 18.4 Å². The van der Waals surface area contributed by atoms with Gasteiger partial charge in [-0.25, -0.2) is 9.59 Å². The van der Waals surface area contributed by atoms with E-state index in [-0.39, 0.29) is 35.7 Å². The predicted octanol–water partition coefficient (Wildman–Crippen LogP) is 3.03. The Kier molecular flexibility index (Phi) is 9.63. The van der Waals surface area contributed by atoms with Crippen LogP contribution in [0.4, 0.5) is 0 Å². The molecule has 2 bridgehead atoms. The van der Waals surface area contributed by atoms with Crippen molar-refractivity contribution in [1.29, 1.82) is 0 Å². The molecule has 4 heterocycles. The molecule has 7 nitrogen and oxygen atoms in total. The molecule has 2 aromatic heterocycles. The zero-order chi connectivity index (χ0) is 29.3. The van der Waals surface area contributed by atoms with Crippen molar-refractivity contribution in [3.05, 3.63) is 86.7 Å². The van der Waals surface area contributed by atoms with Crippen molar-refractivity contribution in [2.24, 2.45) is 0 Å². The summed E-state index contributed by atoms with van der Waals surface area (Å²) in [4.78, 5) is 26.4. The Morgan fingerprint density at radius 2 is 1.58 bits per heavy atom. The molecule has 2 aliphatic rings. The second-order valence-corrected chi connectivity index (χ2v) is 13.4. The molecule has 6 rings (SSSR count). The normalized spacial score (nSPS) is 23.0. The minimum absolute atomic E-state index is 0. The molecule has 43 heavy (non-hydrogen) atoms. The highest BCUT2D eigenvalue weighted by atomic mass is 79.9. The minimum atomic E-state index is -1.77. The molecule has 0 amide bonds. The first-order valence-corrected chi connectivity index (χ1v) is 16.2. The van der Waals surface area contributed by atoms with Crippen LogP contribution >= 0.6 is 22.7 Å². The Bertz CT molecular complexity index is 1510. The molecule has 2 fully saturated rings. The van der Waals surface area contributed by atoms with E-state index in [0.717, 1.165) is 47.5 Å². The van der Waals surface area contributed by atoms with Gasteiger partial charge in [-0.05, 0) is 58.8 Å². The largest absolute Gasteiger partial charge is 1.00 e. The van der Waals surface area contributed by atoms with Gasteiger partial charge in [-0.2, -0.15) is 0 Å². The molecular formula is C33H36BrNO6S2. The van der Waals surface area contributed by atoms with Crippen molar-refractivity contribution in [3.8, 4) is 5.75 Å². The monoisotopic (exact) mass is 685 g/mol. The fourth-order valence-corrected chi connectivity index (χ4v) is 8.49. The molecule has 0 saturated carbocycles. The predicted molar refractivity (Wildman–Crippen MR) is 164 cm³/mol. The number of halogens is 1. The van der Waals surface area contributed by atoms with Crippen LogP contribution in [0.25, 0.3) is 10.8 Å². The summed E-state index contributed by atoms with van der Waals surface area (Å²) in [5.74, 6) is -0.311. The van der Waals surface area contributed by atoms with Crippen LogP contribution in [-0.2, 0) is 31.2 Å². The molecule has 10 heteroatoms. The number of ether oxygens (including phenoxy) is 3. The number of aliphatic hydroxyl groups is 1. The number of rotatable bonds is 10. The van der Waals surface area contributed by atoms with Crippen molar-refractivity contribution < 1.29 is 50.4 Å². The number of hydrogen-bond donors (Lipinski definition) is 1. The van der Waals surface area contributed by atoms with Gasteiger partial charge in [0, 0.05) is 31.2 Å². The second-order valence-electron chi connectivity index (χ2n) is 11.5. The first-order valence-electron chi connectivity index (χ1n) is 14.5. The Morgan fingerprint density at radius 3 is 2.19 bits per heavy atom. The average molecular weight is 687 g/mol. The van der Waals surface area contributed by atoms with Crippen LogP contribution in [0.3, 0.4) is 0 Å². The molecule has 2 unspecified atom stereocenters. The molecule has 0 aliphatic carbocycles. The van der Waals surface area contributed by atoms with E-state index in [1.54, 1.807) is 19.1 Å². The lowest BCUT2D eigenvalue weighted by molar-refractivity contribution is -0.961. The van der Waals surface area contributed by atoms with Crippen LogP contribution in [0.15, 0.2) is 71.4 Å². The van der Waals surface area contributed by atoms with Gasteiger partial charge >= 0.3 is 11.9 Å². The highest BCUT2D eigenvalue weighted by Gasteiger charge is 2.54. The van der Waals surface area contributed by atoms with Crippen LogP contribution in [0, 0.1) is 0 Å². The lowest BCUT2D eigenvalue weighted by atomic mass is 9.94. The summed E-state index contributed by atoms with van der Waals surface area (Å²) in [6, 6.07) is 20.4. The van der Waals surface area contributed by atoms with E-state index in [9.17, 15) is 14.7 Å². The molecule has 0 spiro atoms. The molecule has 4 aromatic rings. The summed E-state index contributed by atoms with van der Waals surface area (Å²) in [5.41, 5.74) is -0.506. The van der Waals surface area contributed by atoms with E-state index in [4.69, 9.17) is 14.2 Å². The molecule has 1 N–H and O–H groups in total. The van der Waals surface area contributed by atoms with Crippen molar-refractivity contribution >= 4 is 45.4 Å².